The number of ether oxygens (including phenoxy) is 1. The van der Waals surface area contributed by atoms with E-state index in [0.717, 1.165) is 5.33 Å². The van der Waals surface area contributed by atoms with Crippen molar-refractivity contribution in [3.8, 4) is 5.75 Å². The SMILES string of the molecule is COc1ccc(S(=O)(=O)NCC(C)CBr)cc1. The van der Waals surface area contributed by atoms with Crippen LogP contribution in [0, 0.1) is 5.92 Å². The molecule has 0 heterocycles. The van der Waals surface area contributed by atoms with E-state index in [1.165, 1.54) is 12.1 Å². The predicted molar refractivity (Wildman–Crippen MR) is 71.1 cm³/mol. The molecule has 1 unspecified atom stereocenters. The first-order valence-corrected chi connectivity index (χ1v) is 7.79. The smallest absolute Gasteiger partial charge is 0.240 e. The summed E-state index contributed by atoms with van der Waals surface area (Å²) in [6.07, 6.45) is 0. The average Bonchev–Trinajstić information content (AvgIpc) is 2.36. The van der Waals surface area contributed by atoms with Crippen molar-refractivity contribution in [2.45, 2.75) is 11.8 Å². The van der Waals surface area contributed by atoms with Crippen molar-refractivity contribution in [3.63, 3.8) is 0 Å². The lowest BCUT2D eigenvalue weighted by molar-refractivity contribution is 0.414. The number of benzene rings is 1. The van der Waals surface area contributed by atoms with Gasteiger partial charge >= 0.3 is 0 Å². The molecule has 0 fully saturated rings. The molecule has 6 heteroatoms. The lowest BCUT2D eigenvalue weighted by Gasteiger charge is -2.10. The van der Waals surface area contributed by atoms with Gasteiger partial charge in [-0.15, -0.1) is 0 Å². The Bertz CT molecular complexity index is 444. The van der Waals surface area contributed by atoms with Crippen molar-refractivity contribution in [3.05, 3.63) is 24.3 Å². The van der Waals surface area contributed by atoms with Crippen molar-refractivity contribution in [1.29, 1.82) is 0 Å². The highest BCUT2D eigenvalue weighted by Crippen LogP contribution is 2.15. The van der Waals surface area contributed by atoms with Gasteiger partial charge < -0.3 is 4.74 Å². The minimum atomic E-state index is -3.42. The van der Waals surface area contributed by atoms with Gasteiger partial charge in [-0.25, -0.2) is 13.1 Å². The average molecular weight is 322 g/mol. The van der Waals surface area contributed by atoms with Crippen LogP contribution in [0.3, 0.4) is 0 Å². The van der Waals surface area contributed by atoms with Gasteiger partial charge in [0.2, 0.25) is 10.0 Å². The quantitative estimate of drug-likeness (QED) is 0.815. The fourth-order valence-electron chi connectivity index (χ4n) is 1.14. The molecular formula is C11H16BrNO3S. The summed E-state index contributed by atoms with van der Waals surface area (Å²) in [7, 11) is -1.88. The van der Waals surface area contributed by atoms with E-state index in [2.05, 4.69) is 20.7 Å². The Labute approximate surface area is 111 Å². The Morgan fingerprint density at radius 3 is 2.41 bits per heavy atom. The Morgan fingerprint density at radius 1 is 1.35 bits per heavy atom. The fraction of sp³-hybridized carbons (Fsp3) is 0.455. The van der Waals surface area contributed by atoms with Crippen LogP contribution < -0.4 is 9.46 Å². The maximum absolute atomic E-state index is 11.9. The van der Waals surface area contributed by atoms with Gasteiger partial charge in [0.15, 0.2) is 0 Å². The second-order valence-corrected chi connectivity index (χ2v) is 6.20. The molecule has 0 radical (unpaired) electrons. The molecule has 0 saturated carbocycles. The molecule has 1 N–H and O–H groups in total. The summed E-state index contributed by atoms with van der Waals surface area (Å²) >= 11 is 3.31. The lowest BCUT2D eigenvalue weighted by Crippen LogP contribution is -2.28. The first kappa shape index (κ1) is 14.5. The molecule has 0 saturated heterocycles. The molecule has 0 aliphatic carbocycles. The molecule has 96 valence electrons. The van der Waals surface area contributed by atoms with Crippen molar-refractivity contribution >= 4 is 26.0 Å². The van der Waals surface area contributed by atoms with Crippen molar-refractivity contribution in [1.82, 2.24) is 4.72 Å². The lowest BCUT2D eigenvalue weighted by atomic mass is 10.2. The number of rotatable bonds is 6. The molecule has 0 aliphatic rings. The Morgan fingerprint density at radius 2 is 1.94 bits per heavy atom. The summed E-state index contributed by atoms with van der Waals surface area (Å²) in [5.41, 5.74) is 0. The van der Waals surface area contributed by atoms with E-state index in [1.807, 2.05) is 6.92 Å². The molecule has 0 amide bonds. The number of halogens is 1. The fourth-order valence-corrected chi connectivity index (χ4v) is 2.54. The second-order valence-electron chi connectivity index (χ2n) is 3.79. The first-order chi connectivity index (χ1) is 7.99. The van der Waals surface area contributed by atoms with E-state index in [-0.39, 0.29) is 10.8 Å². The molecule has 0 aliphatic heterocycles. The second kappa shape index (κ2) is 6.37. The van der Waals surface area contributed by atoms with E-state index >= 15 is 0 Å². The molecule has 1 aromatic rings. The Kier molecular flexibility index (Phi) is 5.42. The first-order valence-electron chi connectivity index (χ1n) is 5.19. The zero-order valence-corrected chi connectivity index (χ0v) is 12.2. The van der Waals surface area contributed by atoms with Gasteiger partial charge in [0.25, 0.3) is 0 Å². The zero-order valence-electron chi connectivity index (χ0n) is 9.81. The van der Waals surface area contributed by atoms with Crippen LogP contribution in [0.1, 0.15) is 6.92 Å². The third kappa shape index (κ3) is 4.29. The number of hydrogen-bond acceptors (Lipinski definition) is 3. The number of hydrogen-bond donors (Lipinski definition) is 1. The van der Waals surface area contributed by atoms with Crippen LogP contribution in [0.4, 0.5) is 0 Å². The number of methoxy groups -OCH3 is 1. The van der Waals surface area contributed by atoms with E-state index in [0.29, 0.717) is 12.3 Å². The number of alkyl halides is 1. The van der Waals surface area contributed by atoms with E-state index in [1.54, 1.807) is 19.2 Å². The minimum absolute atomic E-state index is 0.250. The standard InChI is InChI=1S/C11H16BrNO3S/c1-9(7-12)8-13-17(14,15)11-5-3-10(16-2)4-6-11/h3-6,9,13H,7-8H2,1-2H3. The van der Waals surface area contributed by atoms with Gasteiger partial charge in [0, 0.05) is 11.9 Å². The molecule has 1 atom stereocenters. The molecule has 17 heavy (non-hydrogen) atoms. The molecule has 0 spiro atoms. The van der Waals surface area contributed by atoms with Crippen LogP contribution in [-0.2, 0) is 10.0 Å². The monoisotopic (exact) mass is 321 g/mol. The predicted octanol–water partition coefficient (Wildman–Crippen LogP) is 2.00. The summed E-state index contributed by atoms with van der Waals surface area (Å²) in [4.78, 5) is 0.250. The summed E-state index contributed by atoms with van der Waals surface area (Å²) in [6.45, 7) is 2.38. The van der Waals surface area contributed by atoms with Crippen LogP contribution in [-0.4, -0.2) is 27.4 Å². The zero-order chi connectivity index (χ0) is 12.9. The Hall–Kier alpha value is -0.590. The van der Waals surface area contributed by atoms with E-state index in [4.69, 9.17) is 4.74 Å². The van der Waals surface area contributed by atoms with E-state index in [9.17, 15) is 8.42 Å². The summed E-state index contributed by atoms with van der Waals surface area (Å²) in [5.74, 6) is 0.890. The normalized spacial score (nSPS) is 13.4. The van der Waals surface area contributed by atoms with Crippen LogP contribution in [0.2, 0.25) is 0 Å². The third-order valence-electron chi connectivity index (χ3n) is 2.25. The van der Waals surface area contributed by atoms with Crippen molar-refractivity contribution < 1.29 is 13.2 Å². The van der Waals surface area contributed by atoms with Crippen LogP contribution in [0.25, 0.3) is 0 Å². The van der Waals surface area contributed by atoms with Gasteiger partial charge in [-0.1, -0.05) is 22.9 Å². The van der Waals surface area contributed by atoms with E-state index < -0.39 is 10.0 Å². The number of sulfonamides is 1. The maximum Gasteiger partial charge on any atom is 0.240 e. The van der Waals surface area contributed by atoms with Gasteiger partial charge in [-0.3, -0.25) is 0 Å². The topological polar surface area (TPSA) is 55.4 Å². The van der Waals surface area contributed by atoms with Crippen LogP contribution in [0.5, 0.6) is 5.75 Å². The van der Waals surface area contributed by atoms with Crippen molar-refractivity contribution in [2.75, 3.05) is 19.0 Å². The van der Waals surface area contributed by atoms with Crippen LogP contribution >= 0.6 is 15.9 Å². The molecular weight excluding hydrogens is 306 g/mol. The molecule has 1 aromatic carbocycles. The Balaban J connectivity index is 2.75. The molecule has 1 rings (SSSR count). The van der Waals surface area contributed by atoms with Gasteiger partial charge in [-0.2, -0.15) is 0 Å². The van der Waals surface area contributed by atoms with Gasteiger partial charge in [0.05, 0.1) is 12.0 Å². The molecule has 0 aromatic heterocycles. The highest BCUT2D eigenvalue weighted by molar-refractivity contribution is 9.09. The van der Waals surface area contributed by atoms with Gasteiger partial charge in [0.1, 0.15) is 5.75 Å². The summed E-state index contributed by atoms with van der Waals surface area (Å²) in [6, 6.07) is 6.31. The van der Waals surface area contributed by atoms with Gasteiger partial charge in [-0.05, 0) is 30.2 Å². The largest absolute Gasteiger partial charge is 0.497 e. The minimum Gasteiger partial charge on any atom is -0.497 e. The number of nitrogens with one attached hydrogen (secondary N) is 1. The summed E-state index contributed by atoms with van der Waals surface area (Å²) in [5, 5.41) is 0.762. The maximum atomic E-state index is 11.9. The molecule has 4 nitrogen and oxygen atoms in total. The van der Waals surface area contributed by atoms with Crippen LogP contribution in [0.15, 0.2) is 29.2 Å². The highest BCUT2D eigenvalue weighted by Gasteiger charge is 2.14. The molecule has 0 bridgehead atoms. The highest BCUT2D eigenvalue weighted by atomic mass is 79.9. The summed E-state index contributed by atoms with van der Waals surface area (Å²) < 4.78 is 31.3. The third-order valence-corrected chi connectivity index (χ3v) is 4.80. The van der Waals surface area contributed by atoms with Crippen molar-refractivity contribution in [2.24, 2.45) is 5.92 Å².